The summed E-state index contributed by atoms with van der Waals surface area (Å²) in [7, 11) is 0. The molecule has 0 saturated heterocycles. The van der Waals surface area contributed by atoms with Crippen LogP contribution < -0.4 is 11.1 Å². The number of nitrogens with two attached hydrogens (primary N) is 1. The van der Waals surface area contributed by atoms with Crippen LogP contribution in [0.15, 0.2) is 30.3 Å². The number of halogens is 1. The van der Waals surface area contributed by atoms with Crippen molar-refractivity contribution in [3.8, 4) is 0 Å². The van der Waals surface area contributed by atoms with Crippen molar-refractivity contribution in [2.45, 2.75) is 46.5 Å². The van der Waals surface area contributed by atoms with Gasteiger partial charge >= 0.3 is 0 Å². The number of nitrogens with one attached hydrogen (secondary N) is 1. The Morgan fingerprint density at radius 2 is 2.14 bits per heavy atom. The molecule has 3 N–H and O–H groups in total. The van der Waals surface area contributed by atoms with Gasteiger partial charge in [0.1, 0.15) is 9.71 Å². The minimum atomic E-state index is -0.169. The van der Waals surface area contributed by atoms with Gasteiger partial charge in [-0.15, -0.1) is 11.3 Å². The molecule has 1 aromatic carbocycles. The Hall–Kier alpha value is -1.67. The predicted molar refractivity (Wildman–Crippen MR) is 131 cm³/mol. The largest absolute Gasteiger partial charge is 0.397 e. The summed E-state index contributed by atoms with van der Waals surface area (Å²) in [5.41, 5.74) is 10.6. The first-order chi connectivity index (χ1) is 13.8. The van der Waals surface area contributed by atoms with Gasteiger partial charge in [-0.25, -0.2) is 4.98 Å². The first kappa shape index (κ1) is 20.6. The SMILES string of the molecule is CCC(C)(C)C1CCc2nc3sc(C(=O)Nc4ccccc4I)c(N)c3cc2C1. The van der Waals surface area contributed by atoms with Crippen LogP contribution in [0.3, 0.4) is 0 Å². The lowest BCUT2D eigenvalue weighted by atomic mass is 9.69. The molecule has 0 fully saturated rings. The van der Waals surface area contributed by atoms with Crippen LogP contribution in [0, 0.1) is 14.9 Å². The molecular formula is C23H26IN3OS. The van der Waals surface area contributed by atoms with Gasteiger partial charge in [-0.1, -0.05) is 39.3 Å². The number of carbonyl (C=O) groups is 1. The molecule has 29 heavy (non-hydrogen) atoms. The number of anilines is 2. The minimum absolute atomic E-state index is 0.169. The maximum Gasteiger partial charge on any atom is 0.267 e. The molecule has 0 spiro atoms. The van der Waals surface area contributed by atoms with Crippen molar-refractivity contribution < 1.29 is 4.79 Å². The van der Waals surface area contributed by atoms with Crippen LogP contribution in [-0.4, -0.2) is 10.9 Å². The molecule has 0 aliphatic heterocycles. The van der Waals surface area contributed by atoms with E-state index in [1.165, 1.54) is 35.4 Å². The Morgan fingerprint density at radius 3 is 2.86 bits per heavy atom. The first-order valence-corrected chi connectivity index (χ1v) is 12.0. The highest BCUT2D eigenvalue weighted by Crippen LogP contribution is 2.42. The molecule has 4 rings (SSSR count). The van der Waals surface area contributed by atoms with Crippen LogP contribution in [0.4, 0.5) is 11.4 Å². The smallest absolute Gasteiger partial charge is 0.267 e. The fourth-order valence-corrected chi connectivity index (χ4v) is 5.57. The van der Waals surface area contributed by atoms with E-state index in [1.54, 1.807) is 0 Å². The number of benzene rings is 1. The molecule has 0 radical (unpaired) electrons. The van der Waals surface area contributed by atoms with Gasteiger partial charge in [0.2, 0.25) is 0 Å². The molecule has 1 unspecified atom stereocenters. The zero-order chi connectivity index (χ0) is 20.8. The number of carbonyl (C=O) groups excluding carboxylic acids is 1. The summed E-state index contributed by atoms with van der Waals surface area (Å²) in [6.45, 7) is 6.99. The summed E-state index contributed by atoms with van der Waals surface area (Å²) < 4.78 is 0.997. The molecular weight excluding hydrogens is 493 g/mol. The predicted octanol–water partition coefficient (Wildman–Crippen LogP) is 6.28. The summed E-state index contributed by atoms with van der Waals surface area (Å²) in [4.78, 5) is 19.2. The minimum Gasteiger partial charge on any atom is -0.397 e. The highest BCUT2D eigenvalue weighted by Gasteiger charge is 2.32. The second-order valence-electron chi connectivity index (χ2n) is 8.51. The van der Waals surface area contributed by atoms with E-state index in [4.69, 9.17) is 10.7 Å². The van der Waals surface area contributed by atoms with Crippen molar-refractivity contribution in [3.05, 3.63) is 50.0 Å². The third-order valence-corrected chi connectivity index (χ3v) is 8.48. The van der Waals surface area contributed by atoms with Crippen LogP contribution in [0.2, 0.25) is 0 Å². The van der Waals surface area contributed by atoms with Crippen LogP contribution in [0.25, 0.3) is 10.2 Å². The average Bonchev–Trinajstić information content (AvgIpc) is 3.03. The second-order valence-corrected chi connectivity index (χ2v) is 10.7. The van der Waals surface area contributed by atoms with Crippen LogP contribution in [0.1, 0.15) is 54.5 Å². The standard InChI is InChI=1S/C23H26IN3OS/c1-4-23(2,3)14-9-10-17-13(11-14)12-15-19(25)20(29-22(15)27-17)21(28)26-18-8-6-5-7-16(18)24/h5-8,12,14H,4,9-11,25H2,1-3H3,(H,26,28). The van der Waals surface area contributed by atoms with E-state index in [0.717, 1.165) is 32.3 Å². The lowest BCUT2D eigenvalue weighted by molar-refractivity contribution is 0.103. The summed E-state index contributed by atoms with van der Waals surface area (Å²) in [6, 6.07) is 9.91. The number of hydrogen-bond acceptors (Lipinski definition) is 4. The van der Waals surface area contributed by atoms with Crippen molar-refractivity contribution in [3.63, 3.8) is 0 Å². The number of aromatic nitrogens is 1. The number of amides is 1. The molecule has 1 amide bonds. The van der Waals surface area contributed by atoms with Gasteiger partial charge in [0.15, 0.2) is 0 Å². The number of rotatable bonds is 4. The van der Waals surface area contributed by atoms with E-state index < -0.39 is 0 Å². The lowest BCUT2D eigenvalue weighted by Crippen LogP contribution is -2.29. The van der Waals surface area contributed by atoms with E-state index in [1.807, 2.05) is 24.3 Å². The first-order valence-electron chi connectivity index (χ1n) is 10.1. The fourth-order valence-electron chi connectivity index (χ4n) is 4.06. The van der Waals surface area contributed by atoms with Crippen molar-refractivity contribution in [2.24, 2.45) is 11.3 Å². The Kier molecular flexibility index (Phi) is 5.59. The molecule has 3 aromatic rings. The second kappa shape index (κ2) is 7.87. The van der Waals surface area contributed by atoms with Gasteiger partial charge < -0.3 is 11.1 Å². The van der Waals surface area contributed by atoms with E-state index in [0.29, 0.717) is 21.9 Å². The highest BCUT2D eigenvalue weighted by atomic mass is 127. The maximum absolute atomic E-state index is 12.9. The van der Waals surface area contributed by atoms with Gasteiger partial charge in [0.05, 0.1) is 11.4 Å². The molecule has 1 atom stereocenters. The van der Waals surface area contributed by atoms with Crippen molar-refractivity contribution in [2.75, 3.05) is 11.1 Å². The van der Waals surface area contributed by atoms with E-state index >= 15 is 0 Å². The Bertz CT molecular complexity index is 1090. The number of nitrogen functional groups attached to an aromatic ring is 1. The topological polar surface area (TPSA) is 68.0 Å². The summed E-state index contributed by atoms with van der Waals surface area (Å²) >= 11 is 3.61. The summed E-state index contributed by atoms with van der Waals surface area (Å²) in [5, 5.41) is 3.90. The molecule has 6 heteroatoms. The highest BCUT2D eigenvalue weighted by molar-refractivity contribution is 14.1. The number of fused-ring (bicyclic) bond motifs is 2. The molecule has 2 aromatic heterocycles. The van der Waals surface area contributed by atoms with Crippen LogP contribution >= 0.6 is 33.9 Å². The van der Waals surface area contributed by atoms with Crippen LogP contribution in [-0.2, 0) is 12.8 Å². The molecule has 1 aliphatic carbocycles. The fraction of sp³-hybridized carbons (Fsp3) is 0.391. The van der Waals surface area contributed by atoms with Crippen molar-refractivity contribution >= 4 is 61.4 Å². The monoisotopic (exact) mass is 519 g/mol. The Balaban J connectivity index is 1.66. The van der Waals surface area contributed by atoms with Crippen LogP contribution in [0.5, 0.6) is 0 Å². The molecule has 152 valence electrons. The maximum atomic E-state index is 12.9. The number of aryl methyl sites for hydroxylation is 1. The molecule has 0 bridgehead atoms. The zero-order valence-corrected chi connectivity index (χ0v) is 20.0. The number of para-hydroxylation sites is 1. The number of nitrogens with zero attached hydrogens (tertiary/aromatic N) is 1. The lowest BCUT2D eigenvalue weighted by Gasteiger charge is -2.36. The summed E-state index contributed by atoms with van der Waals surface area (Å²) in [5.74, 6) is 0.486. The number of pyridine rings is 1. The van der Waals surface area contributed by atoms with Gasteiger partial charge in [-0.3, -0.25) is 4.79 Å². The van der Waals surface area contributed by atoms with E-state index in [2.05, 4.69) is 54.7 Å². The normalized spacial score (nSPS) is 16.6. The van der Waals surface area contributed by atoms with E-state index in [9.17, 15) is 4.79 Å². The molecule has 0 saturated carbocycles. The zero-order valence-electron chi connectivity index (χ0n) is 17.0. The van der Waals surface area contributed by atoms with Gasteiger partial charge in [0.25, 0.3) is 5.91 Å². The average molecular weight is 519 g/mol. The third-order valence-electron chi connectivity index (χ3n) is 6.43. The van der Waals surface area contributed by atoms with Gasteiger partial charge in [0, 0.05) is 14.7 Å². The van der Waals surface area contributed by atoms with Gasteiger partial charge in [-0.05, 0) is 76.9 Å². The third kappa shape index (κ3) is 3.89. The van der Waals surface area contributed by atoms with Crippen molar-refractivity contribution in [1.29, 1.82) is 0 Å². The van der Waals surface area contributed by atoms with Crippen molar-refractivity contribution in [1.82, 2.24) is 4.98 Å². The molecule has 1 aliphatic rings. The number of thiophene rings is 1. The summed E-state index contributed by atoms with van der Waals surface area (Å²) in [6.07, 6.45) is 4.39. The Labute approximate surface area is 189 Å². The number of hydrogen-bond donors (Lipinski definition) is 2. The molecule has 2 heterocycles. The quantitative estimate of drug-likeness (QED) is 0.399. The Morgan fingerprint density at radius 1 is 1.38 bits per heavy atom. The molecule has 4 nitrogen and oxygen atoms in total. The van der Waals surface area contributed by atoms with Gasteiger partial charge in [-0.2, -0.15) is 0 Å². The van der Waals surface area contributed by atoms with E-state index in [-0.39, 0.29) is 5.91 Å².